The van der Waals surface area contributed by atoms with Crippen LogP contribution in [0.15, 0.2) is 16.0 Å². The quantitative estimate of drug-likeness (QED) is 0.438. The standard InChI is InChI=1S/C8H11N2O2S/c1-2-3-6-12-10-5-4-7(13)9-8(10)11/h5H,2-3,6H2,1H3,(H,9,11,13). The molecule has 0 aromatic carbocycles. The summed E-state index contributed by atoms with van der Waals surface area (Å²) in [5, 5.41) is 0.278. The third kappa shape index (κ3) is 3.10. The smallest absolute Gasteiger partial charge is 0.381 e. The van der Waals surface area contributed by atoms with Gasteiger partial charge in [0.25, 0.3) is 0 Å². The summed E-state index contributed by atoms with van der Waals surface area (Å²) in [6.45, 7) is 2.56. The average Bonchev–Trinajstić information content (AvgIpc) is 2.09. The Bertz CT molecular complexity index is 324. The van der Waals surface area contributed by atoms with Gasteiger partial charge in [-0.15, -0.1) is 17.4 Å². The molecule has 0 unspecified atom stereocenters. The Labute approximate surface area is 81.9 Å². The van der Waals surface area contributed by atoms with E-state index in [1.807, 2.05) is 6.92 Å². The van der Waals surface area contributed by atoms with E-state index in [0.29, 0.717) is 6.61 Å². The largest absolute Gasteiger partial charge is 0.410 e. The maximum Gasteiger partial charge on any atom is 0.381 e. The summed E-state index contributed by atoms with van der Waals surface area (Å²) >= 11 is 3.88. The Morgan fingerprint density at radius 3 is 3.15 bits per heavy atom. The lowest BCUT2D eigenvalue weighted by atomic mass is 10.4. The molecule has 13 heavy (non-hydrogen) atoms. The van der Waals surface area contributed by atoms with Gasteiger partial charge < -0.3 is 4.84 Å². The van der Waals surface area contributed by atoms with Crippen molar-refractivity contribution in [3.05, 3.63) is 22.7 Å². The zero-order chi connectivity index (χ0) is 9.68. The highest BCUT2D eigenvalue weighted by atomic mass is 32.1. The number of nitrogens with zero attached hydrogens (tertiary/aromatic N) is 2. The summed E-state index contributed by atoms with van der Waals surface area (Å²) in [4.78, 5) is 19.7. The SMILES string of the molecule is CCCCOn1c[c]c(S)nc1=O. The summed E-state index contributed by atoms with van der Waals surface area (Å²) in [7, 11) is 0. The molecule has 1 rings (SSSR count). The molecule has 1 radical (unpaired) electrons. The van der Waals surface area contributed by atoms with Gasteiger partial charge in [0.1, 0.15) is 11.6 Å². The second-order valence-electron chi connectivity index (χ2n) is 2.50. The highest BCUT2D eigenvalue weighted by Gasteiger charge is 1.97. The molecule has 0 atom stereocenters. The first kappa shape index (κ1) is 10.1. The normalized spacial score (nSPS) is 10.0. The van der Waals surface area contributed by atoms with E-state index in [1.165, 1.54) is 6.20 Å². The number of thiol groups is 1. The van der Waals surface area contributed by atoms with E-state index in [2.05, 4.69) is 23.7 Å². The molecular formula is C8H11N2O2S. The number of aromatic nitrogens is 2. The molecule has 5 heteroatoms. The van der Waals surface area contributed by atoms with Gasteiger partial charge in [-0.3, -0.25) is 0 Å². The van der Waals surface area contributed by atoms with E-state index in [0.717, 1.165) is 17.6 Å². The summed E-state index contributed by atoms with van der Waals surface area (Å²) in [5.74, 6) is 0. The van der Waals surface area contributed by atoms with Crippen LogP contribution in [-0.4, -0.2) is 16.3 Å². The van der Waals surface area contributed by atoms with E-state index in [1.54, 1.807) is 0 Å². The van der Waals surface area contributed by atoms with E-state index in [-0.39, 0.29) is 5.03 Å². The van der Waals surface area contributed by atoms with Crippen LogP contribution < -0.4 is 10.5 Å². The maximum atomic E-state index is 11.1. The minimum Gasteiger partial charge on any atom is -0.410 e. The number of hydrogen-bond donors (Lipinski definition) is 1. The van der Waals surface area contributed by atoms with Crippen LogP contribution in [0.5, 0.6) is 0 Å². The molecule has 1 heterocycles. The third-order valence-corrected chi connectivity index (χ3v) is 1.66. The molecule has 71 valence electrons. The van der Waals surface area contributed by atoms with Crippen molar-refractivity contribution in [2.45, 2.75) is 24.8 Å². The van der Waals surface area contributed by atoms with Crippen molar-refractivity contribution < 1.29 is 4.84 Å². The zero-order valence-corrected chi connectivity index (χ0v) is 8.25. The summed E-state index contributed by atoms with van der Waals surface area (Å²) in [6, 6.07) is 2.66. The Balaban J connectivity index is 2.62. The van der Waals surface area contributed by atoms with Crippen LogP contribution in [0, 0.1) is 6.07 Å². The van der Waals surface area contributed by atoms with E-state index >= 15 is 0 Å². The van der Waals surface area contributed by atoms with E-state index in [9.17, 15) is 4.79 Å². The predicted molar refractivity (Wildman–Crippen MR) is 50.9 cm³/mol. The lowest BCUT2D eigenvalue weighted by molar-refractivity contribution is 0.0950. The molecule has 1 aromatic rings. The van der Waals surface area contributed by atoms with Crippen molar-refractivity contribution in [3.8, 4) is 0 Å². The Kier molecular flexibility index (Phi) is 3.82. The van der Waals surface area contributed by atoms with Crippen molar-refractivity contribution in [2.24, 2.45) is 0 Å². The molecule has 0 saturated carbocycles. The molecule has 0 amide bonds. The van der Waals surface area contributed by atoms with Crippen molar-refractivity contribution >= 4 is 12.6 Å². The first-order valence-corrected chi connectivity index (χ1v) is 4.52. The first-order chi connectivity index (χ1) is 6.24. The second kappa shape index (κ2) is 4.91. The molecule has 0 fully saturated rings. The van der Waals surface area contributed by atoms with Gasteiger partial charge >= 0.3 is 5.69 Å². The summed E-state index contributed by atoms with van der Waals surface area (Å²) in [5.41, 5.74) is -0.458. The van der Waals surface area contributed by atoms with E-state index in [4.69, 9.17) is 4.84 Å². The Morgan fingerprint density at radius 1 is 1.77 bits per heavy atom. The number of hydrogen-bond acceptors (Lipinski definition) is 4. The number of rotatable bonds is 4. The molecule has 1 aromatic heterocycles. The summed E-state index contributed by atoms with van der Waals surface area (Å²) in [6.07, 6.45) is 3.33. The van der Waals surface area contributed by atoms with Crippen LogP contribution in [0.3, 0.4) is 0 Å². The molecule has 0 aliphatic carbocycles. The van der Waals surface area contributed by atoms with Gasteiger partial charge in [-0.05, 0) is 6.42 Å². The lowest BCUT2D eigenvalue weighted by Crippen LogP contribution is -2.29. The van der Waals surface area contributed by atoms with Crippen molar-refractivity contribution in [2.75, 3.05) is 6.61 Å². The first-order valence-electron chi connectivity index (χ1n) is 4.07. The highest BCUT2D eigenvalue weighted by molar-refractivity contribution is 7.80. The maximum absolute atomic E-state index is 11.1. The van der Waals surface area contributed by atoms with Crippen LogP contribution in [-0.2, 0) is 0 Å². The Hall–Kier alpha value is -0.970. The monoisotopic (exact) mass is 199 g/mol. The number of unbranched alkanes of at least 4 members (excludes halogenated alkanes) is 1. The fourth-order valence-corrected chi connectivity index (χ4v) is 0.887. The van der Waals surface area contributed by atoms with Gasteiger partial charge in [-0.2, -0.15) is 4.98 Å². The van der Waals surface area contributed by atoms with Crippen LogP contribution in [0.25, 0.3) is 0 Å². The average molecular weight is 199 g/mol. The third-order valence-electron chi connectivity index (χ3n) is 1.43. The molecule has 0 bridgehead atoms. The topological polar surface area (TPSA) is 44.1 Å². The van der Waals surface area contributed by atoms with Gasteiger partial charge in [0.15, 0.2) is 0 Å². The molecule has 0 aliphatic heterocycles. The predicted octanol–water partition coefficient (Wildman–Crippen LogP) is 0.561. The fourth-order valence-electron chi connectivity index (χ4n) is 0.743. The van der Waals surface area contributed by atoms with Crippen LogP contribution >= 0.6 is 12.6 Å². The van der Waals surface area contributed by atoms with Crippen molar-refractivity contribution in [1.29, 1.82) is 0 Å². The minimum atomic E-state index is -0.458. The van der Waals surface area contributed by atoms with Gasteiger partial charge in [-0.1, -0.05) is 13.3 Å². The fraction of sp³-hybridized carbons (Fsp3) is 0.500. The van der Waals surface area contributed by atoms with Crippen LogP contribution in [0.2, 0.25) is 0 Å². The van der Waals surface area contributed by atoms with Gasteiger partial charge in [0, 0.05) is 6.07 Å². The summed E-state index contributed by atoms with van der Waals surface area (Å²) < 4.78 is 1.06. The van der Waals surface area contributed by atoms with Gasteiger partial charge in [-0.25, -0.2) is 4.79 Å². The second-order valence-corrected chi connectivity index (χ2v) is 2.93. The molecule has 4 nitrogen and oxygen atoms in total. The van der Waals surface area contributed by atoms with E-state index < -0.39 is 5.69 Å². The molecule has 0 N–H and O–H groups in total. The molecular weight excluding hydrogens is 188 g/mol. The van der Waals surface area contributed by atoms with Gasteiger partial charge in [0.2, 0.25) is 0 Å². The van der Waals surface area contributed by atoms with Crippen molar-refractivity contribution in [3.63, 3.8) is 0 Å². The van der Waals surface area contributed by atoms with Crippen molar-refractivity contribution in [1.82, 2.24) is 9.71 Å². The van der Waals surface area contributed by atoms with Crippen LogP contribution in [0.1, 0.15) is 19.8 Å². The van der Waals surface area contributed by atoms with Crippen LogP contribution in [0.4, 0.5) is 0 Å². The Morgan fingerprint density at radius 2 is 2.54 bits per heavy atom. The lowest BCUT2D eigenvalue weighted by Gasteiger charge is -2.05. The highest BCUT2D eigenvalue weighted by Crippen LogP contribution is 1.92. The minimum absolute atomic E-state index is 0.278. The van der Waals surface area contributed by atoms with Gasteiger partial charge in [0.05, 0.1) is 6.20 Å². The molecule has 0 saturated heterocycles. The molecule has 0 aliphatic rings. The zero-order valence-electron chi connectivity index (χ0n) is 7.36. The molecule has 0 spiro atoms.